The highest BCUT2D eigenvalue weighted by molar-refractivity contribution is 6.04. The Balaban J connectivity index is 2.19. The van der Waals surface area contributed by atoms with Crippen molar-refractivity contribution in [2.24, 2.45) is 0 Å². The van der Waals surface area contributed by atoms with Crippen LogP contribution in [0.3, 0.4) is 0 Å². The van der Waals surface area contributed by atoms with Crippen molar-refractivity contribution in [3.63, 3.8) is 0 Å². The molecule has 0 atom stereocenters. The van der Waals surface area contributed by atoms with E-state index in [1.54, 1.807) is 6.07 Å². The molecule has 0 saturated heterocycles. The summed E-state index contributed by atoms with van der Waals surface area (Å²) in [5.74, 6) is -0.631. The maximum absolute atomic E-state index is 11.6. The van der Waals surface area contributed by atoms with E-state index < -0.39 is 5.91 Å². The molecule has 6 nitrogen and oxygen atoms in total. The lowest BCUT2D eigenvalue weighted by molar-refractivity contribution is 0.101. The van der Waals surface area contributed by atoms with Crippen LogP contribution >= 0.6 is 0 Å². The van der Waals surface area contributed by atoms with Crippen LogP contribution in [0.5, 0.6) is 5.75 Å². The molecule has 2 aromatic rings. The minimum atomic E-state index is -0.477. The second-order valence-electron chi connectivity index (χ2n) is 2.81. The van der Waals surface area contributed by atoms with Crippen LogP contribution in [0.15, 0.2) is 30.7 Å². The van der Waals surface area contributed by atoms with Crippen molar-refractivity contribution in [3.05, 3.63) is 36.4 Å². The van der Waals surface area contributed by atoms with E-state index in [-0.39, 0.29) is 11.4 Å². The quantitative estimate of drug-likeness (QED) is 0.673. The molecule has 6 heteroatoms. The van der Waals surface area contributed by atoms with Gasteiger partial charge in [-0.05, 0) is 12.1 Å². The molecule has 0 aliphatic heterocycles. The molecular formula is C9H8N4O2. The van der Waals surface area contributed by atoms with E-state index in [1.165, 1.54) is 24.7 Å². The van der Waals surface area contributed by atoms with E-state index in [9.17, 15) is 9.90 Å². The highest BCUT2D eigenvalue weighted by Gasteiger charge is 2.12. The number of pyridine rings is 1. The number of carbonyl (C=O) groups excluding carboxylic acids is 1. The summed E-state index contributed by atoms with van der Waals surface area (Å²) in [5.41, 5.74) is 0.503. The molecule has 3 N–H and O–H groups in total. The Labute approximate surface area is 85.0 Å². The lowest BCUT2D eigenvalue weighted by Gasteiger charge is -2.02. The fraction of sp³-hybridized carbons (Fsp3) is 0. The molecule has 0 aliphatic carbocycles. The monoisotopic (exact) mass is 204 g/mol. The maximum Gasteiger partial charge on any atom is 0.278 e. The molecule has 0 aliphatic rings. The zero-order valence-corrected chi connectivity index (χ0v) is 7.64. The molecule has 0 aromatic carbocycles. The molecule has 2 aromatic heterocycles. The molecule has 15 heavy (non-hydrogen) atoms. The highest BCUT2D eigenvalue weighted by atomic mass is 16.3. The summed E-state index contributed by atoms with van der Waals surface area (Å²) in [6.07, 6.45) is 4.42. The molecule has 0 bridgehead atoms. The summed E-state index contributed by atoms with van der Waals surface area (Å²) in [6.45, 7) is 0. The first kappa shape index (κ1) is 9.20. The standard InChI is InChI=1S/C9H8N4O2/c14-7-2-1-3-10-8(7)9(15)13-6-4-11-12-5-6/h1-5,14H,(H,11,12)(H,13,15). The fourth-order valence-electron chi connectivity index (χ4n) is 1.08. The Hall–Kier alpha value is -2.37. The summed E-state index contributed by atoms with van der Waals surface area (Å²) in [6, 6.07) is 2.95. The molecular weight excluding hydrogens is 196 g/mol. The Kier molecular flexibility index (Phi) is 2.32. The largest absolute Gasteiger partial charge is 0.505 e. The van der Waals surface area contributed by atoms with E-state index >= 15 is 0 Å². The number of aromatic hydroxyl groups is 1. The van der Waals surface area contributed by atoms with Crippen LogP contribution in [0.25, 0.3) is 0 Å². The number of nitrogens with one attached hydrogen (secondary N) is 2. The first-order chi connectivity index (χ1) is 7.27. The van der Waals surface area contributed by atoms with Gasteiger partial charge in [0, 0.05) is 12.4 Å². The van der Waals surface area contributed by atoms with Crippen molar-refractivity contribution in [2.45, 2.75) is 0 Å². The number of carbonyl (C=O) groups is 1. The third-order valence-electron chi connectivity index (χ3n) is 1.76. The van der Waals surface area contributed by atoms with Crippen molar-refractivity contribution >= 4 is 11.6 Å². The minimum absolute atomic E-state index is 0.0151. The number of nitrogens with zero attached hydrogens (tertiary/aromatic N) is 2. The molecule has 0 saturated carbocycles. The molecule has 76 valence electrons. The Morgan fingerprint density at radius 2 is 2.40 bits per heavy atom. The van der Waals surface area contributed by atoms with Gasteiger partial charge in [0.15, 0.2) is 5.69 Å². The van der Waals surface area contributed by atoms with Crippen LogP contribution < -0.4 is 5.32 Å². The van der Waals surface area contributed by atoms with E-state index in [1.807, 2.05) is 0 Å². The number of anilines is 1. The van der Waals surface area contributed by atoms with Gasteiger partial charge in [-0.2, -0.15) is 5.10 Å². The Morgan fingerprint density at radius 3 is 3.07 bits per heavy atom. The van der Waals surface area contributed by atoms with Crippen LogP contribution in [-0.2, 0) is 0 Å². The van der Waals surface area contributed by atoms with Crippen molar-refractivity contribution in [1.29, 1.82) is 0 Å². The van der Waals surface area contributed by atoms with Gasteiger partial charge < -0.3 is 10.4 Å². The van der Waals surface area contributed by atoms with Gasteiger partial charge in [0.25, 0.3) is 5.91 Å². The number of rotatable bonds is 2. The van der Waals surface area contributed by atoms with E-state index in [2.05, 4.69) is 20.5 Å². The number of H-pyrrole nitrogens is 1. The summed E-state index contributed by atoms with van der Waals surface area (Å²) < 4.78 is 0. The normalized spacial score (nSPS) is 9.87. The second-order valence-corrected chi connectivity index (χ2v) is 2.81. The third-order valence-corrected chi connectivity index (χ3v) is 1.76. The second kappa shape index (κ2) is 3.79. The number of aromatic nitrogens is 3. The van der Waals surface area contributed by atoms with Gasteiger partial charge in [0.1, 0.15) is 5.75 Å². The van der Waals surface area contributed by atoms with Gasteiger partial charge in [-0.3, -0.25) is 9.89 Å². The molecule has 0 radical (unpaired) electrons. The number of amides is 1. The van der Waals surface area contributed by atoms with Gasteiger partial charge in [-0.1, -0.05) is 0 Å². The summed E-state index contributed by atoms with van der Waals surface area (Å²) in [7, 11) is 0. The van der Waals surface area contributed by atoms with Gasteiger partial charge in [0.05, 0.1) is 11.9 Å². The molecule has 0 unspecified atom stereocenters. The SMILES string of the molecule is O=C(Nc1cn[nH]c1)c1ncccc1O. The van der Waals surface area contributed by atoms with Gasteiger partial charge in [-0.15, -0.1) is 0 Å². The van der Waals surface area contributed by atoms with E-state index in [0.29, 0.717) is 5.69 Å². The van der Waals surface area contributed by atoms with Crippen molar-refractivity contribution in [3.8, 4) is 5.75 Å². The van der Waals surface area contributed by atoms with E-state index in [0.717, 1.165) is 0 Å². The molecule has 0 spiro atoms. The summed E-state index contributed by atoms with van der Waals surface area (Å²) in [5, 5.41) is 18.1. The van der Waals surface area contributed by atoms with Crippen molar-refractivity contribution in [1.82, 2.24) is 15.2 Å². The number of hydrogen-bond acceptors (Lipinski definition) is 4. The van der Waals surface area contributed by atoms with Crippen LogP contribution in [0.4, 0.5) is 5.69 Å². The van der Waals surface area contributed by atoms with Gasteiger partial charge >= 0.3 is 0 Å². The van der Waals surface area contributed by atoms with Crippen LogP contribution in [-0.4, -0.2) is 26.2 Å². The molecule has 1 amide bonds. The minimum Gasteiger partial charge on any atom is -0.505 e. The topological polar surface area (TPSA) is 90.9 Å². The van der Waals surface area contributed by atoms with Gasteiger partial charge in [0.2, 0.25) is 0 Å². The maximum atomic E-state index is 11.6. The zero-order chi connectivity index (χ0) is 10.7. The van der Waals surface area contributed by atoms with Crippen LogP contribution in [0, 0.1) is 0 Å². The van der Waals surface area contributed by atoms with Crippen LogP contribution in [0.1, 0.15) is 10.5 Å². The Morgan fingerprint density at radius 1 is 1.53 bits per heavy atom. The number of aromatic amines is 1. The first-order valence-electron chi connectivity index (χ1n) is 4.21. The lowest BCUT2D eigenvalue weighted by Crippen LogP contribution is -2.13. The van der Waals surface area contributed by atoms with Gasteiger partial charge in [-0.25, -0.2) is 4.98 Å². The molecule has 2 heterocycles. The Bertz CT molecular complexity index is 467. The fourth-order valence-corrected chi connectivity index (χ4v) is 1.08. The third kappa shape index (κ3) is 1.93. The lowest BCUT2D eigenvalue weighted by atomic mass is 10.3. The summed E-state index contributed by atoms with van der Waals surface area (Å²) >= 11 is 0. The average Bonchev–Trinajstić information content (AvgIpc) is 2.71. The molecule has 0 fully saturated rings. The average molecular weight is 204 g/mol. The van der Waals surface area contributed by atoms with Crippen LogP contribution in [0.2, 0.25) is 0 Å². The zero-order valence-electron chi connectivity index (χ0n) is 7.64. The first-order valence-corrected chi connectivity index (χ1v) is 4.21. The van der Waals surface area contributed by atoms with Crippen molar-refractivity contribution in [2.75, 3.05) is 5.32 Å². The van der Waals surface area contributed by atoms with E-state index in [4.69, 9.17) is 0 Å². The predicted octanol–water partition coefficient (Wildman–Crippen LogP) is 0.763. The van der Waals surface area contributed by atoms with Crippen molar-refractivity contribution < 1.29 is 9.90 Å². The highest BCUT2D eigenvalue weighted by Crippen LogP contribution is 2.14. The predicted molar refractivity (Wildman–Crippen MR) is 52.4 cm³/mol. The molecule has 2 rings (SSSR count). The summed E-state index contributed by atoms with van der Waals surface area (Å²) in [4.78, 5) is 15.3. The smallest absolute Gasteiger partial charge is 0.278 e. The number of hydrogen-bond donors (Lipinski definition) is 3.